The molecule has 0 saturated carbocycles. The van der Waals surface area contributed by atoms with E-state index in [1.165, 1.54) is 0 Å². The molecule has 2 aromatic heterocycles. The van der Waals surface area contributed by atoms with Crippen LogP contribution in [0.15, 0.2) is 24.3 Å². The van der Waals surface area contributed by atoms with Gasteiger partial charge in [0.15, 0.2) is 0 Å². The van der Waals surface area contributed by atoms with Crippen molar-refractivity contribution in [1.29, 1.82) is 0 Å². The van der Waals surface area contributed by atoms with Gasteiger partial charge in [-0.1, -0.05) is 6.92 Å². The maximum atomic E-state index is 5.48. The molecule has 0 saturated heterocycles. The second-order valence-corrected chi connectivity index (χ2v) is 7.31. The number of aromatic nitrogens is 1. The fraction of sp³-hybridized carbons (Fsp3) is 0.364. The molecule has 2 aromatic rings. The summed E-state index contributed by atoms with van der Waals surface area (Å²) in [4.78, 5) is 4.45. The fourth-order valence-electron chi connectivity index (χ4n) is 1.39. The van der Waals surface area contributed by atoms with Crippen LogP contribution >= 0.6 is 43.2 Å². The summed E-state index contributed by atoms with van der Waals surface area (Å²) < 4.78 is 7.57. The van der Waals surface area contributed by atoms with Gasteiger partial charge in [-0.3, -0.25) is 0 Å². The van der Waals surface area contributed by atoms with Crippen LogP contribution in [-0.2, 0) is 6.54 Å². The molecule has 1 N–H and O–H groups in total. The third-order valence-electron chi connectivity index (χ3n) is 2.17. The van der Waals surface area contributed by atoms with Crippen molar-refractivity contribution in [1.82, 2.24) is 10.3 Å². The average molecular weight is 380 g/mol. The molecule has 0 bridgehead atoms. The molecule has 2 rings (SSSR count). The highest BCUT2D eigenvalue weighted by Crippen LogP contribution is 2.37. The number of nitrogens with one attached hydrogen (secondary N) is 1. The Balaban J connectivity index is 2.10. The monoisotopic (exact) mass is 378 g/mol. The third-order valence-corrected chi connectivity index (χ3v) is 4.51. The highest BCUT2D eigenvalue weighted by Gasteiger charge is 2.13. The van der Waals surface area contributed by atoms with Crippen molar-refractivity contribution in [3.05, 3.63) is 25.6 Å². The Kier molecular flexibility index (Phi) is 4.78. The van der Waals surface area contributed by atoms with Crippen molar-refractivity contribution in [2.24, 2.45) is 0 Å². The standard InChI is InChI=1S/C11H12Br2N2OS/c1-2-3-14-5-7-6-16-11(15-7)8-4-9(12)17-10(8)13/h4,6,14H,2-3,5H2,1H3. The molecule has 3 nitrogen and oxygen atoms in total. The van der Waals surface area contributed by atoms with E-state index in [0.29, 0.717) is 5.89 Å². The third kappa shape index (κ3) is 3.40. The summed E-state index contributed by atoms with van der Waals surface area (Å²) >= 11 is 8.56. The molecule has 2 heterocycles. The molecular formula is C11H12Br2N2OS. The van der Waals surface area contributed by atoms with Crippen molar-refractivity contribution in [3.63, 3.8) is 0 Å². The maximum Gasteiger partial charge on any atom is 0.228 e. The number of halogens is 2. The van der Waals surface area contributed by atoms with Gasteiger partial charge in [-0.25, -0.2) is 4.98 Å². The highest BCUT2D eigenvalue weighted by atomic mass is 79.9. The first kappa shape index (κ1) is 13.3. The SMILES string of the molecule is CCCNCc1coc(-c2cc(Br)sc2Br)n1. The zero-order valence-corrected chi connectivity index (χ0v) is 13.3. The van der Waals surface area contributed by atoms with Gasteiger partial charge in [0.1, 0.15) is 6.26 Å². The molecule has 17 heavy (non-hydrogen) atoms. The molecule has 0 fully saturated rings. The first-order valence-corrected chi connectivity index (χ1v) is 7.71. The predicted molar refractivity (Wildman–Crippen MR) is 77.2 cm³/mol. The first-order chi connectivity index (χ1) is 8.20. The maximum absolute atomic E-state index is 5.48. The van der Waals surface area contributed by atoms with Crippen molar-refractivity contribution in [2.75, 3.05) is 6.54 Å². The van der Waals surface area contributed by atoms with Gasteiger partial charge in [-0.15, -0.1) is 11.3 Å². The normalized spacial score (nSPS) is 11.0. The topological polar surface area (TPSA) is 38.1 Å². The molecule has 0 aliphatic heterocycles. The van der Waals surface area contributed by atoms with Crippen LogP contribution < -0.4 is 5.32 Å². The van der Waals surface area contributed by atoms with Gasteiger partial charge in [-0.05, 0) is 50.9 Å². The van der Waals surface area contributed by atoms with Crippen molar-refractivity contribution < 1.29 is 4.42 Å². The van der Waals surface area contributed by atoms with E-state index in [9.17, 15) is 0 Å². The minimum atomic E-state index is 0.659. The van der Waals surface area contributed by atoms with Gasteiger partial charge in [0.2, 0.25) is 5.89 Å². The minimum absolute atomic E-state index is 0.659. The lowest BCUT2D eigenvalue weighted by atomic mass is 10.3. The van der Waals surface area contributed by atoms with Gasteiger partial charge >= 0.3 is 0 Å². The Bertz CT molecular complexity index is 495. The Morgan fingerprint density at radius 1 is 1.47 bits per heavy atom. The molecule has 0 atom stereocenters. The highest BCUT2D eigenvalue weighted by molar-refractivity contribution is 9.12. The Labute approximate surface area is 121 Å². The van der Waals surface area contributed by atoms with Gasteiger partial charge in [0.05, 0.1) is 18.8 Å². The summed E-state index contributed by atoms with van der Waals surface area (Å²) in [6, 6.07) is 2.00. The molecule has 0 unspecified atom stereocenters. The predicted octanol–water partition coefficient (Wildman–Crippen LogP) is 4.43. The molecule has 6 heteroatoms. The molecule has 0 spiro atoms. The van der Waals surface area contributed by atoms with Crippen LogP contribution in [0.4, 0.5) is 0 Å². The number of hydrogen-bond donors (Lipinski definition) is 1. The molecule has 0 amide bonds. The average Bonchev–Trinajstić information content (AvgIpc) is 2.86. The summed E-state index contributed by atoms with van der Waals surface area (Å²) in [6.07, 6.45) is 2.82. The summed E-state index contributed by atoms with van der Waals surface area (Å²) in [6.45, 7) is 3.89. The summed E-state index contributed by atoms with van der Waals surface area (Å²) in [5.74, 6) is 0.659. The zero-order valence-electron chi connectivity index (χ0n) is 9.30. The zero-order chi connectivity index (χ0) is 12.3. The van der Waals surface area contributed by atoms with E-state index in [4.69, 9.17) is 4.42 Å². The molecule has 0 aromatic carbocycles. The number of oxazole rings is 1. The van der Waals surface area contributed by atoms with E-state index in [0.717, 1.165) is 38.3 Å². The van der Waals surface area contributed by atoms with E-state index in [-0.39, 0.29) is 0 Å². The minimum Gasteiger partial charge on any atom is -0.444 e. The quantitative estimate of drug-likeness (QED) is 0.781. The Morgan fingerprint density at radius 2 is 2.29 bits per heavy atom. The van der Waals surface area contributed by atoms with Crippen molar-refractivity contribution in [2.45, 2.75) is 19.9 Å². The number of rotatable bonds is 5. The lowest BCUT2D eigenvalue weighted by Gasteiger charge is -1.97. The number of nitrogens with zero attached hydrogens (tertiary/aromatic N) is 1. The van der Waals surface area contributed by atoms with Crippen LogP contribution in [0.1, 0.15) is 19.0 Å². The fourth-order valence-corrected chi connectivity index (χ4v) is 4.17. The van der Waals surface area contributed by atoms with Crippen molar-refractivity contribution in [3.8, 4) is 11.5 Å². The number of thiophene rings is 1. The smallest absolute Gasteiger partial charge is 0.228 e. The number of hydrogen-bond acceptors (Lipinski definition) is 4. The van der Waals surface area contributed by atoms with E-state index < -0.39 is 0 Å². The molecular weight excluding hydrogens is 368 g/mol. The van der Waals surface area contributed by atoms with Gasteiger partial charge in [0, 0.05) is 6.54 Å². The summed E-state index contributed by atoms with van der Waals surface area (Å²) in [7, 11) is 0. The molecule has 0 aliphatic rings. The largest absolute Gasteiger partial charge is 0.444 e. The molecule has 0 radical (unpaired) electrons. The van der Waals surface area contributed by atoms with Crippen molar-refractivity contribution >= 4 is 43.2 Å². The van der Waals surface area contributed by atoms with Gasteiger partial charge < -0.3 is 9.73 Å². The van der Waals surface area contributed by atoms with Crippen LogP contribution in [0.25, 0.3) is 11.5 Å². The van der Waals surface area contributed by atoms with E-state index in [1.807, 2.05) is 6.07 Å². The van der Waals surface area contributed by atoms with E-state index >= 15 is 0 Å². The molecule has 92 valence electrons. The summed E-state index contributed by atoms with van der Waals surface area (Å²) in [5.41, 5.74) is 1.92. The van der Waals surface area contributed by atoms with Crippen LogP contribution in [0.5, 0.6) is 0 Å². The van der Waals surface area contributed by atoms with E-state index in [1.54, 1.807) is 17.6 Å². The van der Waals surface area contributed by atoms with E-state index in [2.05, 4.69) is 49.1 Å². The summed E-state index contributed by atoms with van der Waals surface area (Å²) in [5, 5.41) is 3.30. The van der Waals surface area contributed by atoms with Crippen LogP contribution in [0.3, 0.4) is 0 Å². The Hall–Kier alpha value is -0.170. The van der Waals surface area contributed by atoms with Crippen LogP contribution in [0.2, 0.25) is 0 Å². The van der Waals surface area contributed by atoms with Gasteiger partial charge in [0.25, 0.3) is 0 Å². The second kappa shape index (κ2) is 6.13. The molecule has 0 aliphatic carbocycles. The second-order valence-electron chi connectivity index (χ2n) is 3.56. The first-order valence-electron chi connectivity index (χ1n) is 5.31. The lowest BCUT2D eigenvalue weighted by molar-refractivity contribution is 0.570. The Morgan fingerprint density at radius 3 is 2.94 bits per heavy atom. The van der Waals surface area contributed by atoms with Crippen LogP contribution in [0, 0.1) is 0 Å². The van der Waals surface area contributed by atoms with Gasteiger partial charge in [-0.2, -0.15) is 0 Å². The lowest BCUT2D eigenvalue weighted by Crippen LogP contribution is -2.13. The van der Waals surface area contributed by atoms with Crippen LogP contribution in [-0.4, -0.2) is 11.5 Å².